The van der Waals surface area contributed by atoms with Crippen molar-refractivity contribution in [2.24, 2.45) is 0 Å². The molecular weight excluding hydrogens is 363 g/mol. The summed E-state index contributed by atoms with van der Waals surface area (Å²) in [6, 6.07) is 2.72. The fourth-order valence-electron chi connectivity index (χ4n) is 2.24. The number of nitrogens with one attached hydrogen (secondary N) is 1. The summed E-state index contributed by atoms with van der Waals surface area (Å²) in [6.07, 6.45) is 1.84. The van der Waals surface area contributed by atoms with E-state index in [9.17, 15) is 17.6 Å². The fourth-order valence-corrected chi connectivity index (χ4v) is 4.05. The van der Waals surface area contributed by atoms with E-state index >= 15 is 0 Å². The second-order valence-electron chi connectivity index (χ2n) is 4.95. The maximum atomic E-state index is 13.7. The van der Waals surface area contributed by atoms with Crippen molar-refractivity contribution in [1.29, 1.82) is 0 Å². The smallest absolute Gasteiger partial charge is 0.244 e. The van der Waals surface area contributed by atoms with Crippen LogP contribution in [-0.4, -0.2) is 38.4 Å². The lowest BCUT2D eigenvalue weighted by Crippen LogP contribution is -2.46. The van der Waals surface area contributed by atoms with E-state index in [0.717, 1.165) is 18.9 Å². The highest BCUT2D eigenvalue weighted by Crippen LogP contribution is 2.20. The normalized spacial score (nSPS) is 17.0. The van der Waals surface area contributed by atoms with Gasteiger partial charge in [0.1, 0.15) is 10.7 Å². The summed E-state index contributed by atoms with van der Waals surface area (Å²) in [5.74, 6) is -1.14. The molecule has 0 radical (unpaired) electrons. The molecule has 0 aliphatic carbocycles. The van der Waals surface area contributed by atoms with Crippen LogP contribution in [0.15, 0.2) is 27.6 Å². The van der Waals surface area contributed by atoms with Crippen molar-refractivity contribution in [3.8, 4) is 0 Å². The Morgan fingerprint density at radius 2 is 2.00 bits per heavy atom. The standard InChI is InChI=1S/C13H16BrFN2O3S/c1-9(13(18)17-6-2-3-7-17)16-21(19,20)12-8-10(14)4-5-11(12)15/h4-5,8-9,16H,2-3,6-7H2,1H3/t9-/m1/s1. The van der Waals surface area contributed by atoms with Crippen LogP contribution in [0.5, 0.6) is 0 Å². The highest BCUT2D eigenvalue weighted by Gasteiger charge is 2.28. The summed E-state index contributed by atoms with van der Waals surface area (Å²) in [6.45, 7) is 2.74. The molecule has 1 saturated heterocycles. The van der Waals surface area contributed by atoms with E-state index in [4.69, 9.17) is 0 Å². The Labute approximate surface area is 131 Å². The summed E-state index contributed by atoms with van der Waals surface area (Å²) in [5, 5.41) is 0. The molecular formula is C13H16BrFN2O3S. The van der Waals surface area contributed by atoms with Gasteiger partial charge in [-0.25, -0.2) is 12.8 Å². The second kappa shape index (κ2) is 6.41. The molecule has 116 valence electrons. The van der Waals surface area contributed by atoms with Gasteiger partial charge in [0, 0.05) is 17.6 Å². The molecule has 5 nitrogen and oxygen atoms in total. The van der Waals surface area contributed by atoms with Crippen molar-refractivity contribution < 1.29 is 17.6 Å². The van der Waals surface area contributed by atoms with Crippen LogP contribution in [-0.2, 0) is 14.8 Å². The van der Waals surface area contributed by atoms with E-state index in [1.54, 1.807) is 4.90 Å². The average Bonchev–Trinajstić information content (AvgIpc) is 2.94. The van der Waals surface area contributed by atoms with Crippen molar-refractivity contribution in [2.45, 2.75) is 30.7 Å². The minimum atomic E-state index is -4.09. The van der Waals surface area contributed by atoms with Crippen molar-refractivity contribution in [2.75, 3.05) is 13.1 Å². The summed E-state index contributed by atoms with van der Waals surface area (Å²) in [4.78, 5) is 13.2. The number of rotatable bonds is 4. The monoisotopic (exact) mass is 378 g/mol. The van der Waals surface area contributed by atoms with E-state index in [2.05, 4.69) is 20.7 Å². The van der Waals surface area contributed by atoms with Crippen LogP contribution >= 0.6 is 15.9 Å². The number of hydrogen-bond donors (Lipinski definition) is 1. The maximum Gasteiger partial charge on any atom is 0.244 e. The highest BCUT2D eigenvalue weighted by molar-refractivity contribution is 9.10. The van der Waals surface area contributed by atoms with Gasteiger partial charge in [0.15, 0.2) is 0 Å². The Hall–Kier alpha value is -0.990. The predicted molar refractivity (Wildman–Crippen MR) is 79.7 cm³/mol. The van der Waals surface area contributed by atoms with Crippen molar-refractivity contribution in [3.63, 3.8) is 0 Å². The van der Waals surface area contributed by atoms with Gasteiger partial charge < -0.3 is 4.90 Å². The van der Waals surface area contributed by atoms with E-state index in [1.807, 2.05) is 0 Å². The highest BCUT2D eigenvalue weighted by atomic mass is 79.9. The number of amides is 1. The average molecular weight is 379 g/mol. The van der Waals surface area contributed by atoms with Gasteiger partial charge in [-0.05, 0) is 38.0 Å². The number of sulfonamides is 1. The van der Waals surface area contributed by atoms with Crippen molar-refractivity contribution in [3.05, 3.63) is 28.5 Å². The maximum absolute atomic E-state index is 13.7. The Bertz CT molecular complexity index is 645. The zero-order chi connectivity index (χ0) is 15.6. The summed E-state index contributed by atoms with van der Waals surface area (Å²) in [7, 11) is -4.09. The second-order valence-corrected chi connectivity index (χ2v) is 7.55. The molecule has 1 aliphatic heterocycles. The fraction of sp³-hybridized carbons (Fsp3) is 0.462. The lowest BCUT2D eigenvalue weighted by atomic mass is 10.3. The zero-order valence-corrected chi connectivity index (χ0v) is 13.9. The topological polar surface area (TPSA) is 66.5 Å². The number of halogens is 2. The van der Waals surface area contributed by atoms with Gasteiger partial charge in [0.25, 0.3) is 0 Å². The van der Waals surface area contributed by atoms with Crippen LogP contribution in [0.3, 0.4) is 0 Å². The first-order chi connectivity index (χ1) is 9.81. The SMILES string of the molecule is C[C@@H](NS(=O)(=O)c1cc(Br)ccc1F)C(=O)N1CCCC1. The Balaban J connectivity index is 2.16. The van der Waals surface area contributed by atoms with Crippen LogP contribution < -0.4 is 4.72 Å². The van der Waals surface area contributed by atoms with E-state index < -0.39 is 26.8 Å². The molecule has 1 aliphatic rings. The number of benzene rings is 1. The number of hydrogen-bond acceptors (Lipinski definition) is 3. The summed E-state index contributed by atoms with van der Waals surface area (Å²) in [5.41, 5.74) is 0. The molecule has 0 bridgehead atoms. The Morgan fingerprint density at radius 1 is 1.38 bits per heavy atom. The molecule has 1 N–H and O–H groups in total. The molecule has 0 spiro atoms. The molecule has 8 heteroatoms. The first-order valence-corrected chi connectivity index (χ1v) is 8.85. The van der Waals surface area contributed by atoms with Crippen LogP contribution in [0, 0.1) is 5.82 Å². The zero-order valence-electron chi connectivity index (χ0n) is 11.5. The molecule has 2 rings (SSSR count). The van der Waals surface area contributed by atoms with Crippen molar-refractivity contribution in [1.82, 2.24) is 9.62 Å². The van der Waals surface area contributed by atoms with Gasteiger partial charge >= 0.3 is 0 Å². The molecule has 0 saturated carbocycles. The number of likely N-dealkylation sites (tertiary alicyclic amines) is 1. The minimum Gasteiger partial charge on any atom is -0.341 e. The molecule has 1 aromatic rings. The molecule has 1 aromatic carbocycles. The minimum absolute atomic E-state index is 0.286. The van der Waals surface area contributed by atoms with Gasteiger partial charge in [0.2, 0.25) is 15.9 Å². The lowest BCUT2D eigenvalue weighted by molar-refractivity contribution is -0.131. The number of nitrogens with zero attached hydrogens (tertiary/aromatic N) is 1. The largest absolute Gasteiger partial charge is 0.341 e. The van der Waals surface area contributed by atoms with Crippen LogP contribution in [0.1, 0.15) is 19.8 Å². The third kappa shape index (κ3) is 3.81. The third-order valence-corrected chi connectivity index (χ3v) is 5.35. The van der Waals surface area contributed by atoms with E-state index in [1.165, 1.54) is 19.1 Å². The molecule has 1 atom stereocenters. The lowest BCUT2D eigenvalue weighted by Gasteiger charge is -2.21. The molecule has 0 unspecified atom stereocenters. The van der Waals surface area contributed by atoms with E-state index in [0.29, 0.717) is 17.6 Å². The first-order valence-electron chi connectivity index (χ1n) is 6.57. The molecule has 1 heterocycles. The quantitative estimate of drug-likeness (QED) is 0.869. The Kier molecular flexibility index (Phi) is 5.00. The van der Waals surface area contributed by atoms with Gasteiger partial charge in [0.05, 0.1) is 6.04 Å². The predicted octanol–water partition coefficient (Wildman–Crippen LogP) is 1.88. The van der Waals surface area contributed by atoms with Crippen LogP contribution in [0.2, 0.25) is 0 Å². The van der Waals surface area contributed by atoms with Crippen molar-refractivity contribution >= 4 is 31.9 Å². The number of carbonyl (C=O) groups excluding carboxylic acids is 1. The van der Waals surface area contributed by atoms with E-state index in [-0.39, 0.29) is 5.91 Å². The van der Waals surface area contributed by atoms with Gasteiger partial charge in [-0.3, -0.25) is 4.79 Å². The van der Waals surface area contributed by atoms with Crippen LogP contribution in [0.25, 0.3) is 0 Å². The van der Waals surface area contributed by atoms with Gasteiger partial charge in [-0.1, -0.05) is 15.9 Å². The summed E-state index contributed by atoms with van der Waals surface area (Å²) >= 11 is 3.10. The van der Waals surface area contributed by atoms with Gasteiger partial charge in [-0.2, -0.15) is 4.72 Å². The molecule has 21 heavy (non-hydrogen) atoms. The van der Waals surface area contributed by atoms with Gasteiger partial charge in [-0.15, -0.1) is 0 Å². The molecule has 0 aromatic heterocycles. The number of carbonyl (C=O) groups is 1. The molecule has 1 amide bonds. The third-order valence-electron chi connectivity index (χ3n) is 3.30. The summed E-state index contributed by atoms with van der Waals surface area (Å²) < 4.78 is 40.8. The Morgan fingerprint density at radius 3 is 2.62 bits per heavy atom. The van der Waals surface area contributed by atoms with Crippen LogP contribution in [0.4, 0.5) is 4.39 Å². The first kappa shape index (κ1) is 16.4. The molecule has 1 fully saturated rings.